The van der Waals surface area contributed by atoms with Crippen LogP contribution >= 0.6 is 0 Å². The summed E-state index contributed by atoms with van der Waals surface area (Å²) in [4.78, 5) is 16.0. The van der Waals surface area contributed by atoms with Crippen molar-refractivity contribution in [3.05, 3.63) is 17.7 Å². The Labute approximate surface area is 96.1 Å². The van der Waals surface area contributed by atoms with Crippen LogP contribution in [0, 0.1) is 0 Å². The van der Waals surface area contributed by atoms with Gasteiger partial charge in [0, 0.05) is 12.2 Å². The van der Waals surface area contributed by atoms with Gasteiger partial charge in [0.2, 0.25) is 5.91 Å². The van der Waals surface area contributed by atoms with E-state index in [1.165, 1.54) is 24.2 Å². The van der Waals surface area contributed by atoms with Gasteiger partial charge in [0.25, 0.3) is 0 Å². The number of aryl methyl sites for hydroxylation is 1. The molecule has 0 fully saturated rings. The molecular formula is C12H19N3O. The number of carbonyl (C=O) groups excluding carboxylic acids is 1. The maximum Gasteiger partial charge on any atom is 0.239 e. The quantitative estimate of drug-likeness (QED) is 0.832. The van der Waals surface area contributed by atoms with Gasteiger partial charge in [-0.25, -0.2) is 4.98 Å². The summed E-state index contributed by atoms with van der Waals surface area (Å²) >= 11 is 0. The van der Waals surface area contributed by atoms with Crippen LogP contribution in [-0.4, -0.2) is 22.0 Å². The molecule has 1 amide bonds. The van der Waals surface area contributed by atoms with Gasteiger partial charge in [-0.1, -0.05) is 6.92 Å². The summed E-state index contributed by atoms with van der Waals surface area (Å²) < 4.78 is 2.00. The summed E-state index contributed by atoms with van der Waals surface area (Å²) in [6.07, 6.45) is 7.37. The van der Waals surface area contributed by atoms with Crippen LogP contribution in [0.3, 0.4) is 0 Å². The Morgan fingerprint density at radius 3 is 3.12 bits per heavy atom. The summed E-state index contributed by atoms with van der Waals surface area (Å²) in [6.45, 7) is 3.23. The molecule has 0 atom stereocenters. The average molecular weight is 221 g/mol. The summed E-state index contributed by atoms with van der Waals surface area (Å²) in [6, 6.07) is 0. The fraction of sp³-hybridized carbons (Fsp3) is 0.667. The SMILES string of the molecule is CCCNC(=O)Cn1cnc2c1CCCC2. The van der Waals surface area contributed by atoms with E-state index in [1.807, 2.05) is 10.9 Å². The van der Waals surface area contributed by atoms with Crippen LogP contribution in [0.1, 0.15) is 37.6 Å². The monoisotopic (exact) mass is 221 g/mol. The lowest BCUT2D eigenvalue weighted by atomic mass is 10.0. The van der Waals surface area contributed by atoms with E-state index in [-0.39, 0.29) is 5.91 Å². The predicted molar refractivity (Wildman–Crippen MR) is 62.2 cm³/mol. The van der Waals surface area contributed by atoms with Crippen molar-refractivity contribution >= 4 is 5.91 Å². The Morgan fingerprint density at radius 1 is 1.50 bits per heavy atom. The maximum absolute atomic E-state index is 11.6. The Bertz CT molecular complexity index is 370. The number of aromatic nitrogens is 2. The standard InChI is InChI=1S/C12H19N3O/c1-2-7-13-12(16)8-15-9-14-10-5-3-4-6-11(10)15/h9H,2-8H2,1H3,(H,13,16). The third kappa shape index (κ3) is 2.43. The van der Waals surface area contributed by atoms with E-state index in [0.717, 1.165) is 25.8 Å². The van der Waals surface area contributed by atoms with Crippen molar-refractivity contribution < 1.29 is 4.79 Å². The zero-order valence-electron chi connectivity index (χ0n) is 9.83. The minimum atomic E-state index is 0.0904. The number of hydrogen-bond acceptors (Lipinski definition) is 2. The number of imidazole rings is 1. The van der Waals surface area contributed by atoms with Gasteiger partial charge in [-0.2, -0.15) is 0 Å². The molecule has 0 aromatic carbocycles. The molecule has 1 aliphatic carbocycles. The van der Waals surface area contributed by atoms with Crippen LogP contribution in [0.2, 0.25) is 0 Å². The summed E-state index contributed by atoms with van der Waals surface area (Å²) in [5, 5.41) is 2.89. The highest BCUT2D eigenvalue weighted by atomic mass is 16.1. The van der Waals surface area contributed by atoms with E-state index in [1.54, 1.807) is 0 Å². The number of carbonyl (C=O) groups is 1. The Balaban J connectivity index is 1.99. The summed E-state index contributed by atoms with van der Waals surface area (Å²) in [7, 11) is 0. The smallest absolute Gasteiger partial charge is 0.239 e. The number of nitrogens with one attached hydrogen (secondary N) is 1. The Hall–Kier alpha value is -1.32. The van der Waals surface area contributed by atoms with Crippen molar-refractivity contribution in [2.75, 3.05) is 6.54 Å². The molecule has 1 aromatic heterocycles. The largest absolute Gasteiger partial charge is 0.355 e. The van der Waals surface area contributed by atoms with Crippen molar-refractivity contribution in [3.8, 4) is 0 Å². The highest BCUT2D eigenvalue weighted by Gasteiger charge is 2.16. The summed E-state index contributed by atoms with van der Waals surface area (Å²) in [5.41, 5.74) is 2.45. The van der Waals surface area contributed by atoms with Gasteiger partial charge in [0.1, 0.15) is 6.54 Å². The molecule has 1 N–H and O–H groups in total. The van der Waals surface area contributed by atoms with E-state index < -0.39 is 0 Å². The van der Waals surface area contributed by atoms with E-state index in [0.29, 0.717) is 6.54 Å². The van der Waals surface area contributed by atoms with Gasteiger partial charge in [0.15, 0.2) is 0 Å². The lowest BCUT2D eigenvalue weighted by Gasteiger charge is -2.13. The fourth-order valence-electron chi connectivity index (χ4n) is 2.14. The fourth-order valence-corrected chi connectivity index (χ4v) is 2.14. The lowest BCUT2D eigenvalue weighted by Crippen LogP contribution is -2.28. The first-order chi connectivity index (χ1) is 7.81. The highest BCUT2D eigenvalue weighted by molar-refractivity contribution is 5.75. The van der Waals surface area contributed by atoms with Crippen LogP contribution in [0.25, 0.3) is 0 Å². The lowest BCUT2D eigenvalue weighted by molar-refractivity contribution is -0.121. The number of hydrogen-bond donors (Lipinski definition) is 1. The molecule has 0 saturated heterocycles. The minimum absolute atomic E-state index is 0.0904. The van der Waals surface area contributed by atoms with Crippen molar-refractivity contribution in [1.29, 1.82) is 0 Å². The highest BCUT2D eigenvalue weighted by Crippen LogP contribution is 2.19. The molecule has 1 aromatic rings. The third-order valence-electron chi connectivity index (χ3n) is 3.00. The van der Waals surface area contributed by atoms with Gasteiger partial charge in [0.05, 0.1) is 12.0 Å². The first-order valence-corrected chi connectivity index (χ1v) is 6.11. The van der Waals surface area contributed by atoms with E-state index in [9.17, 15) is 4.79 Å². The second-order valence-electron chi connectivity index (χ2n) is 4.32. The predicted octanol–water partition coefficient (Wildman–Crippen LogP) is 1.29. The van der Waals surface area contributed by atoms with Crippen molar-refractivity contribution in [2.45, 2.75) is 45.6 Å². The van der Waals surface area contributed by atoms with Gasteiger partial charge in [-0.15, -0.1) is 0 Å². The van der Waals surface area contributed by atoms with Crippen LogP contribution < -0.4 is 5.32 Å². The second-order valence-corrected chi connectivity index (χ2v) is 4.32. The molecule has 4 nitrogen and oxygen atoms in total. The van der Waals surface area contributed by atoms with E-state index in [4.69, 9.17) is 0 Å². The molecule has 0 aliphatic heterocycles. The van der Waals surface area contributed by atoms with Crippen LogP contribution in [0.5, 0.6) is 0 Å². The molecule has 4 heteroatoms. The molecule has 0 radical (unpaired) electrons. The van der Waals surface area contributed by atoms with Crippen LogP contribution in [-0.2, 0) is 24.2 Å². The molecule has 0 bridgehead atoms. The number of nitrogens with zero attached hydrogens (tertiary/aromatic N) is 2. The first kappa shape index (κ1) is 11.2. The Morgan fingerprint density at radius 2 is 2.31 bits per heavy atom. The topological polar surface area (TPSA) is 46.9 Å². The van der Waals surface area contributed by atoms with E-state index >= 15 is 0 Å². The molecule has 0 saturated carbocycles. The van der Waals surface area contributed by atoms with Gasteiger partial charge < -0.3 is 9.88 Å². The zero-order chi connectivity index (χ0) is 11.4. The molecule has 1 aliphatic rings. The Kier molecular flexibility index (Phi) is 3.59. The van der Waals surface area contributed by atoms with Gasteiger partial charge in [-0.3, -0.25) is 4.79 Å². The van der Waals surface area contributed by atoms with Gasteiger partial charge in [-0.05, 0) is 32.1 Å². The molecule has 2 rings (SSSR count). The number of fused-ring (bicyclic) bond motifs is 1. The zero-order valence-corrected chi connectivity index (χ0v) is 9.83. The van der Waals surface area contributed by atoms with Crippen molar-refractivity contribution in [2.24, 2.45) is 0 Å². The molecular weight excluding hydrogens is 202 g/mol. The minimum Gasteiger partial charge on any atom is -0.355 e. The van der Waals surface area contributed by atoms with Crippen molar-refractivity contribution in [3.63, 3.8) is 0 Å². The van der Waals surface area contributed by atoms with Gasteiger partial charge >= 0.3 is 0 Å². The molecule has 88 valence electrons. The maximum atomic E-state index is 11.6. The third-order valence-corrected chi connectivity index (χ3v) is 3.00. The van der Waals surface area contributed by atoms with E-state index in [2.05, 4.69) is 17.2 Å². The summed E-state index contributed by atoms with van der Waals surface area (Å²) in [5.74, 6) is 0.0904. The molecule has 0 spiro atoms. The number of amides is 1. The first-order valence-electron chi connectivity index (χ1n) is 6.11. The molecule has 16 heavy (non-hydrogen) atoms. The van der Waals surface area contributed by atoms with Crippen molar-refractivity contribution in [1.82, 2.24) is 14.9 Å². The van der Waals surface area contributed by atoms with Crippen LogP contribution in [0.4, 0.5) is 0 Å². The normalized spacial score (nSPS) is 14.6. The average Bonchev–Trinajstić information content (AvgIpc) is 2.70. The number of rotatable bonds is 4. The second kappa shape index (κ2) is 5.14. The molecule has 1 heterocycles. The molecule has 0 unspecified atom stereocenters. The van der Waals surface area contributed by atoms with Crippen LogP contribution in [0.15, 0.2) is 6.33 Å².